The van der Waals surface area contributed by atoms with Crippen LogP contribution in [0.1, 0.15) is 17.3 Å². The lowest BCUT2D eigenvalue weighted by Crippen LogP contribution is -2.27. The van der Waals surface area contributed by atoms with Crippen molar-refractivity contribution >= 4 is 21.6 Å². The van der Waals surface area contributed by atoms with Gasteiger partial charge in [0, 0.05) is 19.2 Å². The van der Waals surface area contributed by atoms with Crippen molar-refractivity contribution in [2.45, 2.75) is 11.8 Å². The molecule has 0 atom stereocenters. The molecule has 0 saturated carbocycles. The number of para-hydroxylation sites is 2. The maximum absolute atomic E-state index is 12.9. The van der Waals surface area contributed by atoms with Crippen LogP contribution in [0.2, 0.25) is 0 Å². The van der Waals surface area contributed by atoms with Crippen LogP contribution in [-0.2, 0) is 14.8 Å². The Hall–Kier alpha value is -3.40. The molecule has 3 rings (SSSR count). The molecule has 8 nitrogen and oxygen atoms in total. The molecule has 0 unspecified atom stereocenters. The molecule has 0 fully saturated rings. The number of hydrogen-bond donors (Lipinski definition) is 2. The summed E-state index contributed by atoms with van der Waals surface area (Å²) >= 11 is 0. The SMILES string of the molecule is CCOc1ccc(Oc2ccccc2NC(=O)c2cccc(S(=O)(=O)NCCOC)c2)cc1. The van der Waals surface area contributed by atoms with Gasteiger partial charge in [-0.15, -0.1) is 0 Å². The largest absolute Gasteiger partial charge is 0.494 e. The first-order valence-electron chi connectivity index (χ1n) is 10.3. The molecule has 0 aliphatic carbocycles. The van der Waals surface area contributed by atoms with E-state index in [4.69, 9.17) is 14.2 Å². The predicted octanol–water partition coefficient (Wildman–Crippen LogP) is 4.05. The van der Waals surface area contributed by atoms with Crippen molar-refractivity contribution in [3.63, 3.8) is 0 Å². The van der Waals surface area contributed by atoms with Crippen LogP contribution in [0.4, 0.5) is 5.69 Å². The van der Waals surface area contributed by atoms with Crippen LogP contribution in [0.15, 0.2) is 77.7 Å². The second-order valence-electron chi connectivity index (χ2n) is 6.88. The van der Waals surface area contributed by atoms with E-state index in [1.807, 2.05) is 6.92 Å². The third-order valence-corrected chi connectivity index (χ3v) is 5.96. The van der Waals surface area contributed by atoms with Crippen LogP contribution in [0, 0.1) is 0 Å². The Kier molecular flexibility index (Phi) is 8.42. The lowest BCUT2D eigenvalue weighted by atomic mass is 10.2. The third kappa shape index (κ3) is 6.79. The van der Waals surface area contributed by atoms with Crippen molar-refractivity contribution < 1.29 is 27.4 Å². The number of carbonyl (C=O) groups is 1. The van der Waals surface area contributed by atoms with Gasteiger partial charge < -0.3 is 19.5 Å². The number of sulfonamides is 1. The second-order valence-corrected chi connectivity index (χ2v) is 8.64. The minimum Gasteiger partial charge on any atom is -0.494 e. The Balaban J connectivity index is 1.75. The fraction of sp³-hybridized carbons (Fsp3) is 0.208. The van der Waals surface area contributed by atoms with Crippen LogP contribution in [0.25, 0.3) is 0 Å². The van der Waals surface area contributed by atoms with E-state index in [2.05, 4.69) is 10.0 Å². The van der Waals surface area contributed by atoms with E-state index in [9.17, 15) is 13.2 Å². The number of methoxy groups -OCH3 is 1. The molecule has 174 valence electrons. The van der Waals surface area contributed by atoms with Gasteiger partial charge in [0.25, 0.3) is 5.91 Å². The summed E-state index contributed by atoms with van der Waals surface area (Å²) in [6.45, 7) is 2.85. The summed E-state index contributed by atoms with van der Waals surface area (Å²) in [4.78, 5) is 12.8. The van der Waals surface area contributed by atoms with Gasteiger partial charge in [-0.2, -0.15) is 0 Å². The lowest BCUT2D eigenvalue weighted by Gasteiger charge is -2.13. The first-order chi connectivity index (χ1) is 15.9. The molecule has 0 radical (unpaired) electrons. The number of nitrogens with one attached hydrogen (secondary N) is 2. The zero-order valence-corrected chi connectivity index (χ0v) is 19.2. The number of anilines is 1. The molecular weight excluding hydrogens is 444 g/mol. The predicted molar refractivity (Wildman–Crippen MR) is 126 cm³/mol. The van der Waals surface area contributed by atoms with E-state index in [0.717, 1.165) is 5.75 Å². The standard InChI is InChI=1S/C24H26N2O6S/c1-3-31-19-11-13-20(14-12-19)32-23-10-5-4-9-22(23)26-24(27)18-7-6-8-21(17-18)33(28,29)25-15-16-30-2/h4-14,17,25H,3,15-16H2,1-2H3,(H,26,27). The fourth-order valence-corrected chi connectivity index (χ4v) is 3.98. The van der Waals surface area contributed by atoms with Crippen LogP contribution in [0.5, 0.6) is 17.2 Å². The van der Waals surface area contributed by atoms with Crippen molar-refractivity contribution in [3.05, 3.63) is 78.4 Å². The highest BCUT2D eigenvalue weighted by atomic mass is 32.2. The number of ether oxygens (including phenoxy) is 3. The number of rotatable bonds is 11. The monoisotopic (exact) mass is 470 g/mol. The summed E-state index contributed by atoms with van der Waals surface area (Å²) in [7, 11) is -2.28. The smallest absolute Gasteiger partial charge is 0.255 e. The first kappa shape index (κ1) is 24.2. The molecule has 33 heavy (non-hydrogen) atoms. The molecule has 0 aliphatic rings. The Bertz CT molecular complexity index is 1180. The average Bonchev–Trinajstić information content (AvgIpc) is 2.82. The Morgan fingerprint density at radius 2 is 1.67 bits per heavy atom. The Morgan fingerprint density at radius 1 is 0.939 bits per heavy atom. The third-order valence-electron chi connectivity index (χ3n) is 4.50. The highest BCUT2D eigenvalue weighted by Crippen LogP contribution is 2.30. The molecule has 3 aromatic rings. The van der Waals surface area contributed by atoms with Gasteiger partial charge in [0.15, 0.2) is 5.75 Å². The molecule has 1 amide bonds. The average molecular weight is 471 g/mol. The normalized spacial score (nSPS) is 11.1. The number of hydrogen-bond acceptors (Lipinski definition) is 6. The number of amides is 1. The quantitative estimate of drug-likeness (QED) is 0.410. The minimum absolute atomic E-state index is 0.00910. The molecule has 9 heteroatoms. The highest BCUT2D eigenvalue weighted by Gasteiger charge is 2.17. The molecule has 0 aromatic heterocycles. The van der Waals surface area contributed by atoms with Crippen LogP contribution >= 0.6 is 0 Å². The lowest BCUT2D eigenvalue weighted by molar-refractivity contribution is 0.102. The van der Waals surface area contributed by atoms with Crippen LogP contribution < -0.4 is 19.5 Å². The fourth-order valence-electron chi connectivity index (χ4n) is 2.92. The van der Waals surface area contributed by atoms with E-state index in [1.54, 1.807) is 54.6 Å². The van der Waals surface area contributed by atoms with Crippen molar-refractivity contribution in [1.29, 1.82) is 0 Å². The van der Waals surface area contributed by atoms with E-state index < -0.39 is 15.9 Å². The van der Waals surface area contributed by atoms with Gasteiger partial charge in [0.05, 0.1) is 23.8 Å². The van der Waals surface area contributed by atoms with Gasteiger partial charge >= 0.3 is 0 Å². The summed E-state index contributed by atoms with van der Waals surface area (Å²) in [5.74, 6) is 1.29. The topological polar surface area (TPSA) is 103 Å². The van der Waals surface area contributed by atoms with Gasteiger partial charge in [-0.1, -0.05) is 18.2 Å². The second kappa shape index (κ2) is 11.5. The van der Waals surface area contributed by atoms with Gasteiger partial charge in [0.1, 0.15) is 11.5 Å². The van der Waals surface area contributed by atoms with E-state index in [0.29, 0.717) is 23.8 Å². The number of benzene rings is 3. The van der Waals surface area contributed by atoms with Gasteiger partial charge in [-0.25, -0.2) is 13.1 Å². The summed E-state index contributed by atoms with van der Waals surface area (Å²) in [5, 5.41) is 2.79. The molecule has 0 spiro atoms. The van der Waals surface area contributed by atoms with Crippen LogP contribution in [0.3, 0.4) is 0 Å². The summed E-state index contributed by atoms with van der Waals surface area (Å²) in [5.41, 5.74) is 0.642. The van der Waals surface area contributed by atoms with E-state index >= 15 is 0 Å². The summed E-state index contributed by atoms with van der Waals surface area (Å²) < 4.78 is 43.5. The summed E-state index contributed by atoms with van der Waals surface area (Å²) in [6, 6.07) is 19.9. The first-order valence-corrected chi connectivity index (χ1v) is 11.8. The van der Waals surface area contributed by atoms with Crippen molar-refractivity contribution in [3.8, 4) is 17.2 Å². The highest BCUT2D eigenvalue weighted by molar-refractivity contribution is 7.89. The zero-order valence-electron chi connectivity index (χ0n) is 18.4. The number of carbonyl (C=O) groups excluding carboxylic acids is 1. The molecule has 0 saturated heterocycles. The maximum atomic E-state index is 12.9. The van der Waals surface area contributed by atoms with Crippen molar-refractivity contribution in [2.75, 3.05) is 32.2 Å². The molecular formula is C24H26N2O6S. The van der Waals surface area contributed by atoms with Crippen molar-refractivity contribution in [1.82, 2.24) is 4.72 Å². The van der Waals surface area contributed by atoms with Gasteiger partial charge in [-0.3, -0.25) is 4.79 Å². The van der Waals surface area contributed by atoms with Crippen molar-refractivity contribution in [2.24, 2.45) is 0 Å². The summed E-state index contributed by atoms with van der Waals surface area (Å²) in [6.07, 6.45) is 0. The Morgan fingerprint density at radius 3 is 2.39 bits per heavy atom. The maximum Gasteiger partial charge on any atom is 0.255 e. The molecule has 3 aromatic carbocycles. The zero-order chi connectivity index (χ0) is 23.7. The molecule has 0 heterocycles. The van der Waals surface area contributed by atoms with Crippen LogP contribution in [-0.4, -0.2) is 41.2 Å². The molecule has 0 bridgehead atoms. The molecule has 2 N–H and O–H groups in total. The van der Waals surface area contributed by atoms with Gasteiger partial charge in [-0.05, 0) is 61.5 Å². The minimum atomic E-state index is -3.76. The van der Waals surface area contributed by atoms with E-state index in [1.165, 1.54) is 25.3 Å². The van der Waals surface area contributed by atoms with E-state index in [-0.39, 0.29) is 23.6 Å². The molecule has 0 aliphatic heterocycles. The Labute approximate surface area is 193 Å². The van der Waals surface area contributed by atoms with Gasteiger partial charge in [0.2, 0.25) is 10.0 Å².